The fourth-order valence-corrected chi connectivity index (χ4v) is 2.36. The Kier molecular flexibility index (Phi) is 4.86. The van der Waals surface area contributed by atoms with E-state index in [0.717, 1.165) is 31.7 Å². The molecule has 1 aliphatic rings. The first-order valence-corrected chi connectivity index (χ1v) is 6.76. The molecule has 7 heteroatoms. The number of rotatable bonds is 6. The maximum Gasteiger partial charge on any atom is 0.270 e. The number of hydrogen-bond acceptors (Lipinski definition) is 5. The summed E-state index contributed by atoms with van der Waals surface area (Å²) in [4.78, 5) is 32.7. The molecule has 112 valence electrons. The Morgan fingerprint density at radius 2 is 2.14 bits per heavy atom. The molecule has 0 saturated heterocycles. The molecule has 0 aliphatic heterocycles. The van der Waals surface area contributed by atoms with Gasteiger partial charge in [0.05, 0.1) is 10.5 Å². The Morgan fingerprint density at radius 3 is 2.76 bits per heavy atom. The van der Waals surface area contributed by atoms with Crippen molar-refractivity contribution < 1.29 is 19.2 Å². The van der Waals surface area contributed by atoms with Crippen LogP contribution >= 0.6 is 0 Å². The highest BCUT2D eigenvalue weighted by Crippen LogP contribution is 2.23. The van der Waals surface area contributed by atoms with E-state index >= 15 is 0 Å². The molecule has 0 bridgehead atoms. The Labute approximate surface area is 121 Å². The van der Waals surface area contributed by atoms with Gasteiger partial charge in [0, 0.05) is 18.2 Å². The summed E-state index contributed by atoms with van der Waals surface area (Å²) in [5.41, 5.74) is -0.141. The van der Waals surface area contributed by atoms with Gasteiger partial charge in [-0.15, -0.1) is 0 Å². The van der Waals surface area contributed by atoms with E-state index in [-0.39, 0.29) is 35.6 Å². The second kappa shape index (κ2) is 6.83. The first-order valence-electron chi connectivity index (χ1n) is 6.76. The topological polar surface area (TPSA) is 98.5 Å². The van der Waals surface area contributed by atoms with Crippen molar-refractivity contribution >= 4 is 17.9 Å². The number of non-ortho nitro benzene ring substituents is 1. The van der Waals surface area contributed by atoms with E-state index in [2.05, 4.69) is 5.32 Å². The standard InChI is InChI=1S/C14H16N2O5/c17-8-10-7-12(16(19)20)5-6-13(10)21-9-14(18)15-11-3-1-2-4-11/h5-8,11H,1-4,9H2,(H,15,18). The maximum atomic E-state index is 11.7. The van der Waals surface area contributed by atoms with Gasteiger partial charge >= 0.3 is 0 Å². The first-order chi connectivity index (χ1) is 10.1. The molecule has 1 aromatic rings. The summed E-state index contributed by atoms with van der Waals surface area (Å²) in [6.45, 7) is -0.213. The lowest BCUT2D eigenvalue weighted by atomic mass is 10.2. The first kappa shape index (κ1) is 15.0. The van der Waals surface area contributed by atoms with Crippen molar-refractivity contribution in [2.75, 3.05) is 6.61 Å². The van der Waals surface area contributed by atoms with Crippen LogP contribution in [0.3, 0.4) is 0 Å². The second-order valence-electron chi connectivity index (χ2n) is 4.93. The molecule has 0 aromatic heterocycles. The highest BCUT2D eigenvalue weighted by atomic mass is 16.6. The lowest BCUT2D eigenvalue weighted by Gasteiger charge is -2.13. The van der Waals surface area contributed by atoms with Crippen molar-refractivity contribution in [3.05, 3.63) is 33.9 Å². The largest absolute Gasteiger partial charge is 0.483 e. The van der Waals surface area contributed by atoms with E-state index in [1.807, 2.05) is 0 Å². The smallest absolute Gasteiger partial charge is 0.270 e. The third kappa shape index (κ3) is 4.01. The molecular formula is C14H16N2O5. The molecule has 1 N–H and O–H groups in total. The number of amides is 1. The molecule has 2 rings (SSSR count). The fraction of sp³-hybridized carbons (Fsp3) is 0.429. The van der Waals surface area contributed by atoms with Gasteiger partial charge in [-0.3, -0.25) is 19.7 Å². The van der Waals surface area contributed by atoms with Crippen LogP contribution in [0.1, 0.15) is 36.0 Å². The number of nitro groups is 1. The monoisotopic (exact) mass is 292 g/mol. The Morgan fingerprint density at radius 1 is 1.43 bits per heavy atom. The molecule has 0 radical (unpaired) electrons. The minimum Gasteiger partial charge on any atom is -0.483 e. The van der Waals surface area contributed by atoms with Gasteiger partial charge in [-0.25, -0.2) is 0 Å². The average Bonchev–Trinajstić information content (AvgIpc) is 2.97. The van der Waals surface area contributed by atoms with Crippen LogP contribution in [0.5, 0.6) is 5.75 Å². The number of carbonyl (C=O) groups excluding carboxylic acids is 2. The quantitative estimate of drug-likeness (QED) is 0.490. The number of hydrogen-bond donors (Lipinski definition) is 1. The van der Waals surface area contributed by atoms with Gasteiger partial charge in [0.15, 0.2) is 12.9 Å². The van der Waals surface area contributed by atoms with Gasteiger partial charge in [-0.2, -0.15) is 0 Å². The molecule has 7 nitrogen and oxygen atoms in total. The van der Waals surface area contributed by atoms with Crippen LogP contribution in [0.2, 0.25) is 0 Å². The molecule has 1 amide bonds. The summed E-state index contributed by atoms with van der Waals surface area (Å²) in [6.07, 6.45) is 4.65. The Balaban J connectivity index is 1.94. The lowest BCUT2D eigenvalue weighted by molar-refractivity contribution is -0.384. The van der Waals surface area contributed by atoms with Crippen molar-refractivity contribution in [2.24, 2.45) is 0 Å². The SMILES string of the molecule is O=Cc1cc([N+](=O)[O-])ccc1OCC(=O)NC1CCCC1. The van der Waals surface area contributed by atoms with Crippen molar-refractivity contribution in [1.82, 2.24) is 5.32 Å². The van der Waals surface area contributed by atoms with Gasteiger partial charge in [-0.1, -0.05) is 12.8 Å². The molecule has 1 fully saturated rings. The second-order valence-corrected chi connectivity index (χ2v) is 4.93. The van der Waals surface area contributed by atoms with E-state index in [0.29, 0.717) is 6.29 Å². The van der Waals surface area contributed by atoms with E-state index in [1.54, 1.807) is 0 Å². The number of benzene rings is 1. The van der Waals surface area contributed by atoms with E-state index < -0.39 is 4.92 Å². The third-order valence-corrected chi connectivity index (χ3v) is 3.41. The zero-order chi connectivity index (χ0) is 15.2. The number of aldehydes is 1. The van der Waals surface area contributed by atoms with Gasteiger partial charge in [-0.05, 0) is 18.9 Å². The fourth-order valence-electron chi connectivity index (χ4n) is 2.36. The molecule has 0 spiro atoms. The molecule has 21 heavy (non-hydrogen) atoms. The average molecular weight is 292 g/mol. The summed E-state index contributed by atoms with van der Waals surface area (Å²) in [5.74, 6) is -0.0886. The highest BCUT2D eigenvalue weighted by molar-refractivity contribution is 5.82. The summed E-state index contributed by atoms with van der Waals surface area (Å²) < 4.78 is 5.27. The van der Waals surface area contributed by atoms with E-state index in [4.69, 9.17) is 4.74 Å². The lowest BCUT2D eigenvalue weighted by Crippen LogP contribution is -2.36. The van der Waals surface area contributed by atoms with Gasteiger partial charge in [0.2, 0.25) is 0 Å². The highest BCUT2D eigenvalue weighted by Gasteiger charge is 2.18. The molecular weight excluding hydrogens is 276 g/mol. The van der Waals surface area contributed by atoms with Crippen molar-refractivity contribution in [2.45, 2.75) is 31.7 Å². The molecule has 1 saturated carbocycles. The minimum absolute atomic E-state index is 0.0536. The predicted molar refractivity (Wildman–Crippen MR) is 74.4 cm³/mol. The predicted octanol–water partition coefficient (Wildman–Crippen LogP) is 1.84. The normalized spacial score (nSPS) is 14.7. The van der Waals surface area contributed by atoms with Crippen molar-refractivity contribution in [1.29, 1.82) is 0 Å². The zero-order valence-electron chi connectivity index (χ0n) is 11.4. The number of nitro benzene ring substituents is 1. The number of ether oxygens (including phenoxy) is 1. The molecule has 1 aliphatic carbocycles. The molecule has 0 unspecified atom stereocenters. The minimum atomic E-state index is -0.594. The van der Waals surface area contributed by atoms with E-state index in [9.17, 15) is 19.7 Å². The maximum absolute atomic E-state index is 11.7. The van der Waals surface area contributed by atoms with Crippen molar-refractivity contribution in [3.63, 3.8) is 0 Å². The van der Waals surface area contributed by atoms with Crippen LogP contribution in [0.4, 0.5) is 5.69 Å². The van der Waals surface area contributed by atoms with Crippen LogP contribution in [0, 0.1) is 10.1 Å². The van der Waals surface area contributed by atoms with Gasteiger partial charge < -0.3 is 10.1 Å². The molecule has 1 aromatic carbocycles. The number of nitrogens with one attached hydrogen (secondary N) is 1. The van der Waals surface area contributed by atoms with Gasteiger partial charge in [0.1, 0.15) is 5.75 Å². The zero-order valence-corrected chi connectivity index (χ0v) is 11.4. The van der Waals surface area contributed by atoms with Crippen LogP contribution < -0.4 is 10.1 Å². The Hall–Kier alpha value is -2.44. The Bertz CT molecular complexity index is 552. The van der Waals surface area contributed by atoms with Gasteiger partial charge in [0.25, 0.3) is 11.6 Å². The summed E-state index contributed by atoms with van der Waals surface area (Å²) in [6, 6.07) is 3.88. The molecule has 0 atom stereocenters. The molecule has 0 heterocycles. The number of nitrogens with zero attached hydrogens (tertiary/aromatic N) is 1. The number of carbonyl (C=O) groups is 2. The summed E-state index contributed by atoms with van der Waals surface area (Å²) in [7, 11) is 0. The van der Waals surface area contributed by atoms with Crippen LogP contribution in [0.25, 0.3) is 0 Å². The van der Waals surface area contributed by atoms with Crippen LogP contribution in [0.15, 0.2) is 18.2 Å². The third-order valence-electron chi connectivity index (χ3n) is 3.41. The summed E-state index contributed by atoms with van der Waals surface area (Å²) in [5, 5.41) is 13.5. The van der Waals surface area contributed by atoms with Crippen molar-refractivity contribution in [3.8, 4) is 5.75 Å². The summed E-state index contributed by atoms with van der Waals surface area (Å²) >= 11 is 0. The van der Waals surface area contributed by atoms with Crippen LogP contribution in [-0.4, -0.2) is 29.8 Å². The van der Waals surface area contributed by atoms with Crippen LogP contribution in [-0.2, 0) is 4.79 Å². The van der Waals surface area contributed by atoms with E-state index in [1.165, 1.54) is 12.1 Å².